The number of aromatic amines is 1. The molecule has 7 heteroatoms. The zero-order chi connectivity index (χ0) is 15.0. The van der Waals surface area contributed by atoms with Crippen molar-refractivity contribution in [2.75, 3.05) is 5.43 Å². The normalized spacial score (nSPS) is 10.9. The lowest BCUT2D eigenvalue weighted by Gasteiger charge is -2.12. The van der Waals surface area contributed by atoms with Gasteiger partial charge in [0.1, 0.15) is 11.1 Å². The molecule has 3 rings (SSSR count). The molecule has 0 fully saturated rings. The van der Waals surface area contributed by atoms with Gasteiger partial charge in [-0.2, -0.15) is 15.1 Å². The molecular weight excluding hydrogens is 268 g/mol. The average molecular weight is 284 g/mol. The highest BCUT2D eigenvalue weighted by molar-refractivity contribution is 5.81. The maximum Gasteiger partial charge on any atom is 0.242 e. The van der Waals surface area contributed by atoms with Crippen LogP contribution in [0, 0.1) is 20.8 Å². The van der Waals surface area contributed by atoms with Gasteiger partial charge in [0.25, 0.3) is 0 Å². The standard InChI is InChI=1S/C14H16N6O/c1-7-4-8(2)9(3)11(5-7)21-13-10-6-16-20-12(10)17-14(18-13)19-15/h4-6H,15H2,1-3H3,(H2,16,17,18,19,20). The molecule has 0 bridgehead atoms. The molecule has 108 valence electrons. The van der Waals surface area contributed by atoms with Gasteiger partial charge in [-0.1, -0.05) is 6.07 Å². The first-order valence-electron chi connectivity index (χ1n) is 6.52. The minimum atomic E-state index is 0.267. The van der Waals surface area contributed by atoms with Crippen LogP contribution in [0.5, 0.6) is 11.6 Å². The van der Waals surface area contributed by atoms with Gasteiger partial charge in [0.15, 0.2) is 5.65 Å². The number of benzene rings is 1. The second-order valence-corrected chi connectivity index (χ2v) is 4.94. The average Bonchev–Trinajstić information content (AvgIpc) is 2.92. The molecule has 0 aliphatic carbocycles. The number of anilines is 1. The first-order chi connectivity index (χ1) is 10.1. The van der Waals surface area contributed by atoms with Crippen LogP contribution in [-0.4, -0.2) is 20.2 Å². The molecular formula is C14H16N6O. The van der Waals surface area contributed by atoms with E-state index < -0.39 is 0 Å². The van der Waals surface area contributed by atoms with Crippen LogP contribution in [-0.2, 0) is 0 Å². The molecule has 0 aliphatic heterocycles. The third-order valence-electron chi connectivity index (χ3n) is 3.37. The van der Waals surface area contributed by atoms with Crippen LogP contribution in [0.4, 0.5) is 5.95 Å². The van der Waals surface area contributed by atoms with E-state index in [1.165, 1.54) is 5.56 Å². The van der Waals surface area contributed by atoms with Crippen molar-refractivity contribution >= 4 is 17.0 Å². The number of nitrogen functional groups attached to an aromatic ring is 1. The second kappa shape index (κ2) is 5.02. The lowest BCUT2D eigenvalue weighted by atomic mass is 10.1. The molecule has 2 aromatic heterocycles. The lowest BCUT2D eigenvalue weighted by molar-refractivity contribution is 0.464. The van der Waals surface area contributed by atoms with E-state index in [4.69, 9.17) is 10.6 Å². The molecule has 0 saturated carbocycles. The van der Waals surface area contributed by atoms with Crippen LogP contribution < -0.4 is 16.0 Å². The number of nitrogens with zero attached hydrogens (tertiary/aromatic N) is 3. The van der Waals surface area contributed by atoms with Gasteiger partial charge in [-0.15, -0.1) is 0 Å². The van der Waals surface area contributed by atoms with Gasteiger partial charge >= 0.3 is 0 Å². The van der Waals surface area contributed by atoms with Crippen LogP contribution in [0.25, 0.3) is 11.0 Å². The monoisotopic (exact) mass is 284 g/mol. The first-order valence-corrected chi connectivity index (χ1v) is 6.52. The minimum absolute atomic E-state index is 0.267. The summed E-state index contributed by atoms with van der Waals surface area (Å²) in [4.78, 5) is 8.43. The summed E-state index contributed by atoms with van der Waals surface area (Å²) in [5.41, 5.74) is 6.35. The van der Waals surface area contributed by atoms with E-state index in [1.54, 1.807) is 6.20 Å². The molecule has 4 N–H and O–H groups in total. The maximum absolute atomic E-state index is 5.98. The van der Waals surface area contributed by atoms with E-state index in [0.29, 0.717) is 16.9 Å². The Balaban J connectivity index is 2.11. The number of aryl methyl sites for hydroxylation is 2. The summed E-state index contributed by atoms with van der Waals surface area (Å²) in [6.45, 7) is 6.09. The predicted octanol–water partition coefficient (Wildman–Crippen LogP) is 2.36. The van der Waals surface area contributed by atoms with Crippen molar-refractivity contribution in [3.63, 3.8) is 0 Å². The number of rotatable bonds is 3. The summed E-state index contributed by atoms with van der Waals surface area (Å²) in [6.07, 6.45) is 1.63. The number of fused-ring (bicyclic) bond motifs is 1. The van der Waals surface area contributed by atoms with E-state index in [0.717, 1.165) is 16.9 Å². The molecule has 1 aromatic carbocycles. The highest BCUT2D eigenvalue weighted by Gasteiger charge is 2.13. The van der Waals surface area contributed by atoms with Gasteiger partial charge in [-0.3, -0.25) is 10.5 Å². The van der Waals surface area contributed by atoms with Crippen molar-refractivity contribution in [1.29, 1.82) is 0 Å². The van der Waals surface area contributed by atoms with Crippen LogP contribution >= 0.6 is 0 Å². The Morgan fingerprint density at radius 3 is 2.76 bits per heavy atom. The molecule has 0 amide bonds. The van der Waals surface area contributed by atoms with E-state index in [-0.39, 0.29) is 5.95 Å². The first kappa shape index (κ1) is 13.3. The SMILES string of the molecule is Cc1cc(C)c(C)c(Oc2nc(NN)nc3[nH]ncc23)c1. The van der Waals surface area contributed by atoms with Crippen molar-refractivity contribution in [2.45, 2.75) is 20.8 Å². The molecule has 2 heterocycles. The Morgan fingerprint density at radius 1 is 1.19 bits per heavy atom. The van der Waals surface area contributed by atoms with Crippen molar-refractivity contribution in [3.05, 3.63) is 35.0 Å². The summed E-state index contributed by atoms with van der Waals surface area (Å²) in [7, 11) is 0. The van der Waals surface area contributed by atoms with Gasteiger partial charge in [-0.25, -0.2) is 5.84 Å². The van der Waals surface area contributed by atoms with Crippen LogP contribution in [0.1, 0.15) is 16.7 Å². The summed E-state index contributed by atoms with van der Waals surface area (Å²) >= 11 is 0. The van der Waals surface area contributed by atoms with E-state index in [9.17, 15) is 0 Å². The Morgan fingerprint density at radius 2 is 2.00 bits per heavy atom. The molecule has 7 nitrogen and oxygen atoms in total. The fourth-order valence-electron chi connectivity index (χ4n) is 2.16. The summed E-state index contributed by atoms with van der Waals surface area (Å²) in [5, 5.41) is 7.44. The molecule has 0 radical (unpaired) electrons. The quantitative estimate of drug-likeness (QED) is 0.504. The van der Waals surface area contributed by atoms with Gasteiger partial charge in [-0.05, 0) is 43.5 Å². The van der Waals surface area contributed by atoms with E-state index in [1.807, 2.05) is 19.9 Å². The molecule has 3 aromatic rings. The number of hydrogen-bond acceptors (Lipinski definition) is 6. The number of hydrazine groups is 1. The summed E-state index contributed by atoms with van der Waals surface area (Å²) < 4.78 is 5.98. The third-order valence-corrected chi connectivity index (χ3v) is 3.37. The fraction of sp³-hybridized carbons (Fsp3) is 0.214. The van der Waals surface area contributed by atoms with Gasteiger partial charge in [0.2, 0.25) is 11.8 Å². The lowest BCUT2D eigenvalue weighted by Crippen LogP contribution is -2.11. The van der Waals surface area contributed by atoms with Gasteiger partial charge < -0.3 is 4.74 Å². The highest BCUT2D eigenvalue weighted by atomic mass is 16.5. The number of nitrogens with two attached hydrogens (primary N) is 1. The van der Waals surface area contributed by atoms with Gasteiger partial charge in [0, 0.05) is 0 Å². The van der Waals surface area contributed by atoms with Crippen molar-refractivity contribution < 1.29 is 4.74 Å². The maximum atomic E-state index is 5.98. The van der Waals surface area contributed by atoms with Gasteiger partial charge in [0.05, 0.1) is 6.20 Å². The van der Waals surface area contributed by atoms with Crippen molar-refractivity contribution in [2.24, 2.45) is 5.84 Å². The Kier molecular flexibility index (Phi) is 3.19. The molecule has 0 aliphatic rings. The van der Waals surface area contributed by atoms with E-state index in [2.05, 4.69) is 38.6 Å². The Labute approximate surface area is 121 Å². The zero-order valence-electron chi connectivity index (χ0n) is 12.1. The van der Waals surface area contributed by atoms with E-state index >= 15 is 0 Å². The number of aromatic nitrogens is 4. The largest absolute Gasteiger partial charge is 0.438 e. The minimum Gasteiger partial charge on any atom is -0.438 e. The molecule has 0 spiro atoms. The van der Waals surface area contributed by atoms with Crippen LogP contribution in [0.2, 0.25) is 0 Å². The Hall–Kier alpha value is -2.67. The zero-order valence-corrected chi connectivity index (χ0v) is 12.1. The number of hydrogen-bond donors (Lipinski definition) is 3. The number of nitrogens with one attached hydrogen (secondary N) is 2. The second-order valence-electron chi connectivity index (χ2n) is 4.94. The third kappa shape index (κ3) is 2.38. The molecule has 0 unspecified atom stereocenters. The highest BCUT2D eigenvalue weighted by Crippen LogP contribution is 2.31. The van der Waals surface area contributed by atoms with Crippen molar-refractivity contribution in [3.8, 4) is 11.6 Å². The fourth-order valence-corrected chi connectivity index (χ4v) is 2.16. The predicted molar refractivity (Wildman–Crippen MR) is 80.2 cm³/mol. The molecule has 0 saturated heterocycles. The van der Waals surface area contributed by atoms with Crippen LogP contribution in [0.15, 0.2) is 18.3 Å². The summed E-state index contributed by atoms with van der Waals surface area (Å²) in [6, 6.07) is 4.09. The molecule has 21 heavy (non-hydrogen) atoms. The van der Waals surface area contributed by atoms with Crippen LogP contribution in [0.3, 0.4) is 0 Å². The molecule has 0 atom stereocenters. The van der Waals surface area contributed by atoms with Crippen molar-refractivity contribution in [1.82, 2.24) is 20.2 Å². The Bertz CT molecular complexity index is 811. The number of H-pyrrole nitrogens is 1. The topological polar surface area (TPSA) is 102 Å². The smallest absolute Gasteiger partial charge is 0.242 e. The summed E-state index contributed by atoms with van der Waals surface area (Å²) in [5.74, 6) is 6.83. The number of ether oxygens (including phenoxy) is 1.